The van der Waals surface area contributed by atoms with E-state index in [1.54, 1.807) is 0 Å². The van der Waals surface area contributed by atoms with Crippen molar-refractivity contribution in [3.8, 4) is 0 Å². The molecule has 1 atom stereocenters. The lowest BCUT2D eigenvalue weighted by Crippen LogP contribution is -2.51. The average molecular weight is 277 g/mol. The van der Waals surface area contributed by atoms with E-state index in [0.717, 1.165) is 11.4 Å². The topological polar surface area (TPSA) is 6.48 Å². The average Bonchev–Trinajstić information content (AvgIpc) is 2.26. The van der Waals surface area contributed by atoms with Crippen LogP contribution < -0.4 is 0 Å². The van der Waals surface area contributed by atoms with Gasteiger partial charge in [-0.1, -0.05) is 29.3 Å². The predicted molar refractivity (Wildman–Crippen MR) is 70.8 cm³/mol. The van der Waals surface area contributed by atoms with Gasteiger partial charge in [-0.2, -0.15) is 0 Å². The third-order valence-electron chi connectivity index (χ3n) is 3.44. The Morgan fingerprint density at radius 2 is 2.00 bits per heavy atom. The quantitative estimate of drug-likeness (QED) is 0.544. The van der Waals surface area contributed by atoms with Crippen LogP contribution in [-0.2, 0) is 0 Å². The highest BCUT2D eigenvalue weighted by Gasteiger charge is 2.21. The van der Waals surface area contributed by atoms with Crippen LogP contribution in [-0.4, -0.2) is 54.4 Å². The molecule has 0 radical (unpaired) electrons. The lowest BCUT2D eigenvalue weighted by molar-refractivity contribution is 0.0921. The Hall–Kier alpha value is 0.400. The largest absolute Gasteiger partial charge is 0.301 e. The molecule has 0 aromatic heterocycles. The summed E-state index contributed by atoms with van der Waals surface area (Å²) in [6, 6.07) is 0.787. The van der Waals surface area contributed by atoms with Crippen molar-refractivity contribution < 1.29 is 0 Å². The monoisotopic (exact) mass is 276 g/mol. The fourth-order valence-corrected chi connectivity index (χ4v) is 2.66. The molecular weight excluding hydrogens is 252 g/mol. The van der Waals surface area contributed by atoms with E-state index in [1.165, 1.54) is 51.9 Å². The number of alkyl halides is 1. The van der Waals surface area contributed by atoms with E-state index in [0.29, 0.717) is 0 Å². The van der Waals surface area contributed by atoms with Gasteiger partial charge in [0.1, 0.15) is 0 Å². The molecule has 0 spiro atoms. The minimum absolute atomic E-state index is 0.787. The molecule has 1 aliphatic heterocycles. The molecule has 1 unspecified atom stereocenters. The second-order valence-electron chi connectivity index (χ2n) is 4.59. The molecule has 1 saturated heterocycles. The molecule has 3 heteroatoms. The summed E-state index contributed by atoms with van der Waals surface area (Å²) < 4.78 is 0. The van der Waals surface area contributed by atoms with Crippen LogP contribution in [0.25, 0.3) is 0 Å². The van der Waals surface area contributed by atoms with Crippen molar-refractivity contribution in [2.45, 2.75) is 38.6 Å². The molecule has 0 saturated carbocycles. The number of likely N-dealkylation sites (N-methyl/N-ethyl adjacent to an activating group) is 1. The first kappa shape index (κ1) is 13.5. The summed E-state index contributed by atoms with van der Waals surface area (Å²) in [7, 11) is 2.26. The molecule has 1 aliphatic rings. The molecule has 1 fully saturated rings. The van der Waals surface area contributed by atoms with Crippen LogP contribution >= 0.6 is 15.9 Å². The standard InChI is InChI=1S/C12H25BrN2/c1-3-12-11-15(10-9-14(12)2)8-6-4-5-7-13/h12H,3-11H2,1-2H3. The number of hydrogen-bond acceptors (Lipinski definition) is 2. The van der Waals surface area contributed by atoms with Crippen molar-refractivity contribution in [1.29, 1.82) is 0 Å². The fourth-order valence-electron chi connectivity index (χ4n) is 2.26. The van der Waals surface area contributed by atoms with Gasteiger partial charge in [-0.25, -0.2) is 0 Å². The minimum Gasteiger partial charge on any atom is -0.301 e. The van der Waals surface area contributed by atoms with E-state index in [9.17, 15) is 0 Å². The Morgan fingerprint density at radius 1 is 1.20 bits per heavy atom. The number of unbranched alkanes of at least 4 members (excludes halogenated alkanes) is 2. The summed E-state index contributed by atoms with van der Waals surface area (Å²) >= 11 is 3.48. The SMILES string of the molecule is CCC1CN(CCCCCBr)CCN1C. The highest BCUT2D eigenvalue weighted by atomic mass is 79.9. The van der Waals surface area contributed by atoms with Gasteiger partial charge in [0.05, 0.1) is 0 Å². The molecule has 0 aromatic rings. The molecule has 0 aliphatic carbocycles. The van der Waals surface area contributed by atoms with Gasteiger partial charge in [0.25, 0.3) is 0 Å². The normalized spacial score (nSPS) is 24.6. The minimum atomic E-state index is 0.787. The van der Waals surface area contributed by atoms with Crippen molar-refractivity contribution in [2.75, 3.05) is 38.6 Å². The molecule has 2 nitrogen and oxygen atoms in total. The summed E-state index contributed by atoms with van der Waals surface area (Å²) in [4.78, 5) is 5.15. The zero-order valence-corrected chi connectivity index (χ0v) is 11.8. The van der Waals surface area contributed by atoms with Gasteiger partial charge < -0.3 is 9.80 Å². The molecule has 90 valence electrons. The number of piperazine rings is 1. The van der Waals surface area contributed by atoms with Gasteiger partial charge in [0, 0.05) is 31.0 Å². The second-order valence-corrected chi connectivity index (χ2v) is 5.39. The molecular formula is C12H25BrN2. The Balaban J connectivity index is 2.14. The van der Waals surface area contributed by atoms with Crippen LogP contribution in [0.3, 0.4) is 0 Å². The zero-order valence-electron chi connectivity index (χ0n) is 10.2. The molecule has 1 heterocycles. The maximum absolute atomic E-state index is 3.48. The highest BCUT2D eigenvalue weighted by molar-refractivity contribution is 9.09. The summed E-state index contributed by atoms with van der Waals surface area (Å²) in [5.41, 5.74) is 0. The van der Waals surface area contributed by atoms with E-state index in [4.69, 9.17) is 0 Å². The fraction of sp³-hybridized carbons (Fsp3) is 1.00. The first-order valence-electron chi connectivity index (χ1n) is 6.26. The molecule has 0 bridgehead atoms. The summed E-state index contributed by atoms with van der Waals surface area (Å²) in [6.07, 6.45) is 5.35. The van der Waals surface area contributed by atoms with E-state index in [1.807, 2.05) is 0 Å². The zero-order chi connectivity index (χ0) is 11.1. The Morgan fingerprint density at radius 3 is 2.67 bits per heavy atom. The van der Waals surface area contributed by atoms with Crippen molar-refractivity contribution >= 4 is 15.9 Å². The first-order chi connectivity index (χ1) is 7.27. The van der Waals surface area contributed by atoms with Crippen LogP contribution in [0.4, 0.5) is 0 Å². The number of rotatable bonds is 6. The first-order valence-corrected chi connectivity index (χ1v) is 7.38. The molecule has 15 heavy (non-hydrogen) atoms. The second kappa shape index (κ2) is 7.64. The van der Waals surface area contributed by atoms with Gasteiger partial charge in [-0.3, -0.25) is 0 Å². The third-order valence-corrected chi connectivity index (χ3v) is 4.00. The van der Waals surface area contributed by atoms with Crippen molar-refractivity contribution in [2.24, 2.45) is 0 Å². The van der Waals surface area contributed by atoms with Crippen molar-refractivity contribution in [1.82, 2.24) is 9.80 Å². The van der Waals surface area contributed by atoms with Crippen LogP contribution in [0.2, 0.25) is 0 Å². The molecule has 0 N–H and O–H groups in total. The van der Waals surface area contributed by atoms with Crippen molar-refractivity contribution in [3.63, 3.8) is 0 Å². The maximum Gasteiger partial charge on any atom is 0.0218 e. The predicted octanol–water partition coefficient (Wildman–Crippen LogP) is 2.58. The van der Waals surface area contributed by atoms with Crippen LogP contribution in [0, 0.1) is 0 Å². The van der Waals surface area contributed by atoms with Crippen LogP contribution in [0.5, 0.6) is 0 Å². The third kappa shape index (κ3) is 4.83. The number of hydrogen-bond donors (Lipinski definition) is 0. The highest BCUT2D eigenvalue weighted by Crippen LogP contribution is 2.11. The van der Waals surface area contributed by atoms with Gasteiger partial charge in [0.2, 0.25) is 0 Å². The smallest absolute Gasteiger partial charge is 0.0218 e. The van der Waals surface area contributed by atoms with E-state index in [2.05, 4.69) is 39.7 Å². The van der Waals surface area contributed by atoms with Gasteiger partial charge >= 0.3 is 0 Å². The van der Waals surface area contributed by atoms with Gasteiger partial charge in [-0.15, -0.1) is 0 Å². The summed E-state index contributed by atoms with van der Waals surface area (Å²) in [6.45, 7) is 7.40. The number of halogens is 1. The lowest BCUT2D eigenvalue weighted by atomic mass is 10.1. The van der Waals surface area contributed by atoms with E-state index in [-0.39, 0.29) is 0 Å². The maximum atomic E-state index is 3.48. The van der Waals surface area contributed by atoms with Gasteiger partial charge in [0.15, 0.2) is 0 Å². The van der Waals surface area contributed by atoms with E-state index < -0.39 is 0 Å². The van der Waals surface area contributed by atoms with Crippen LogP contribution in [0.15, 0.2) is 0 Å². The summed E-state index contributed by atoms with van der Waals surface area (Å²) in [5.74, 6) is 0. The van der Waals surface area contributed by atoms with Crippen LogP contribution in [0.1, 0.15) is 32.6 Å². The lowest BCUT2D eigenvalue weighted by Gasteiger charge is -2.39. The molecule has 0 aromatic carbocycles. The Labute approximate surface area is 103 Å². The molecule has 0 amide bonds. The van der Waals surface area contributed by atoms with Crippen molar-refractivity contribution in [3.05, 3.63) is 0 Å². The van der Waals surface area contributed by atoms with Gasteiger partial charge in [-0.05, 0) is 32.9 Å². The number of nitrogens with zero attached hydrogens (tertiary/aromatic N) is 2. The van der Waals surface area contributed by atoms with E-state index >= 15 is 0 Å². The Kier molecular flexibility index (Phi) is 6.86. The Bertz CT molecular complexity index is 164. The molecule has 1 rings (SSSR count). The summed E-state index contributed by atoms with van der Waals surface area (Å²) in [5, 5.41) is 1.16.